The fourth-order valence-corrected chi connectivity index (χ4v) is 2.66. The van der Waals surface area contributed by atoms with Crippen LogP contribution < -0.4 is 24.8 Å². The molecule has 1 amide bonds. The topological polar surface area (TPSA) is 89.1 Å². The van der Waals surface area contributed by atoms with Gasteiger partial charge in [-0.1, -0.05) is 0 Å². The molecule has 0 aliphatic carbocycles. The Morgan fingerprint density at radius 1 is 1.33 bits per heavy atom. The Labute approximate surface area is 147 Å². The number of carbonyl (C=O) groups is 1. The van der Waals surface area contributed by atoms with E-state index in [1.165, 1.54) is 0 Å². The van der Waals surface area contributed by atoms with E-state index in [9.17, 15) is 9.90 Å². The number of piperidine rings is 1. The van der Waals surface area contributed by atoms with Crippen LogP contribution in [-0.4, -0.2) is 50.2 Å². The molecule has 134 valence electrons. The number of ether oxygens (including phenoxy) is 3. The van der Waals surface area contributed by atoms with Crippen molar-refractivity contribution in [3.05, 3.63) is 18.2 Å². The average Bonchev–Trinajstić information content (AvgIpc) is 3.06. The van der Waals surface area contributed by atoms with Gasteiger partial charge in [-0.25, -0.2) is 0 Å². The van der Waals surface area contributed by atoms with Gasteiger partial charge in [0.1, 0.15) is 18.5 Å². The number of hydrogen-bond acceptors (Lipinski definition) is 6. The Bertz CT molecular complexity index is 551. The number of hydrogen-bond donors (Lipinski definition) is 3. The Hall–Kier alpha value is -1.70. The third kappa shape index (κ3) is 4.90. The highest BCUT2D eigenvalue weighted by Gasteiger charge is 2.21. The van der Waals surface area contributed by atoms with E-state index in [0.717, 1.165) is 25.9 Å². The number of nitrogens with one attached hydrogen (secondary N) is 2. The Morgan fingerprint density at radius 2 is 2.08 bits per heavy atom. The SMILES string of the molecule is Cl.O=C(NCC(O)COc1ccc2c(c1)OCO2)C1CCNCC1. The number of aliphatic hydroxyl groups is 1. The zero-order valence-corrected chi connectivity index (χ0v) is 14.1. The molecule has 2 heterocycles. The maximum atomic E-state index is 12.0. The normalized spacial score (nSPS) is 17.7. The molecule has 2 aliphatic rings. The highest BCUT2D eigenvalue weighted by molar-refractivity contribution is 5.85. The van der Waals surface area contributed by atoms with Crippen molar-refractivity contribution in [1.29, 1.82) is 0 Å². The van der Waals surface area contributed by atoms with Crippen molar-refractivity contribution >= 4 is 18.3 Å². The minimum atomic E-state index is -0.758. The van der Waals surface area contributed by atoms with E-state index in [2.05, 4.69) is 10.6 Å². The maximum Gasteiger partial charge on any atom is 0.231 e. The number of aliphatic hydroxyl groups excluding tert-OH is 1. The monoisotopic (exact) mass is 358 g/mol. The third-order valence-electron chi connectivity index (χ3n) is 4.01. The van der Waals surface area contributed by atoms with Gasteiger partial charge in [0.25, 0.3) is 0 Å². The van der Waals surface area contributed by atoms with Crippen molar-refractivity contribution in [2.75, 3.05) is 33.0 Å². The lowest BCUT2D eigenvalue weighted by molar-refractivity contribution is -0.126. The first kappa shape index (κ1) is 18.6. The Morgan fingerprint density at radius 3 is 2.88 bits per heavy atom. The lowest BCUT2D eigenvalue weighted by Gasteiger charge is -2.22. The summed E-state index contributed by atoms with van der Waals surface area (Å²) >= 11 is 0. The van der Waals surface area contributed by atoms with Crippen LogP contribution in [0.1, 0.15) is 12.8 Å². The number of carbonyl (C=O) groups excluding carboxylic acids is 1. The highest BCUT2D eigenvalue weighted by atomic mass is 35.5. The molecule has 1 unspecified atom stereocenters. The van der Waals surface area contributed by atoms with Crippen molar-refractivity contribution in [2.24, 2.45) is 5.92 Å². The summed E-state index contributed by atoms with van der Waals surface area (Å²) in [6.45, 7) is 2.24. The number of fused-ring (bicyclic) bond motifs is 1. The molecule has 8 heteroatoms. The Kier molecular flexibility index (Phi) is 6.96. The zero-order valence-electron chi connectivity index (χ0n) is 13.3. The first-order chi connectivity index (χ1) is 11.2. The van der Waals surface area contributed by atoms with Gasteiger partial charge < -0.3 is 30.0 Å². The molecule has 1 saturated heterocycles. The van der Waals surface area contributed by atoms with E-state index in [0.29, 0.717) is 17.2 Å². The van der Waals surface area contributed by atoms with Crippen molar-refractivity contribution in [2.45, 2.75) is 18.9 Å². The van der Waals surface area contributed by atoms with E-state index >= 15 is 0 Å². The number of amides is 1. The molecule has 0 bridgehead atoms. The zero-order chi connectivity index (χ0) is 16.1. The molecule has 0 saturated carbocycles. The molecule has 1 fully saturated rings. The predicted octanol–water partition coefficient (Wildman–Crippen LogP) is 0.693. The van der Waals surface area contributed by atoms with Crippen LogP contribution in [0.2, 0.25) is 0 Å². The number of rotatable bonds is 6. The first-order valence-electron chi connectivity index (χ1n) is 7.91. The average molecular weight is 359 g/mol. The van der Waals surface area contributed by atoms with Crippen LogP contribution in [0.15, 0.2) is 18.2 Å². The van der Waals surface area contributed by atoms with Gasteiger partial charge in [-0.05, 0) is 38.1 Å². The standard InChI is InChI=1S/C16H22N2O5.ClH/c19-12(8-18-16(20)11-3-5-17-6-4-11)9-21-13-1-2-14-15(7-13)23-10-22-14;/h1-2,7,11-12,17,19H,3-6,8-10H2,(H,18,20);1H. The molecule has 1 aromatic carbocycles. The summed E-state index contributed by atoms with van der Waals surface area (Å²) in [6.07, 6.45) is 0.928. The summed E-state index contributed by atoms with van der Waals surface area (Å²) in [5.41, 5.74) is 0. The van der Waals surface area contributed by atoms with Crippen LogP contribution in [-0.2, 0) is 4.79 Å². The second-order valence-electron chi connectivity index (χ2n) is 5.75. The quantitative estimate of drug-likeness (QED) is 0.693. The third-order valence-corrected chi connectivity index (χ3v) is 4.01. The molecule has 1 atom stereocenters. The lowest BCUT2D eigenvalue weighted by Crippen LogP contribution is -2.42. The molecule has 7 nitrogen and oxygen atoms in total. The first-order valence-corrected chi connectivity index (χ1v) is 7.91. The summed E-state index contributed by atoms with van der Waals surface area (Å²) in [6, 6.07) is 5.25. The van der Waals surface area contributed by atoms with E-state index in [1.807, 2.05) is 0 Å². The molecule has 0 spiro atoms. The fourth-order valence-electron chi connectivity index (χ4n) is 2.66. The van der Waals surface area contributed by atoms with Gasteiger partial charge in [0.2, 0.25) is 12.7 Å². The largest absolute Gasteiger partial charge is 0.491 e. The molecule has 1 aromatic rings. The minimum absolute atomic E-state index is 0. The summed E-state index contributed by atoms with van der Waals surface area (Å²) < 4.78 is 16.0. The van der Waals surface area contributed by atoms with Crippen LogP contribution in [0.5, 0.6) is 17.2 Å². The van der Waals surface area contributed by atoms with Gasteiger partial charge in [-0.3, -0.25) is 4.79 Å². The minimum Gasteiger partial charge on any atom is -0.491 e. The lowest BCUT2D eigenvalue weighted by atomic mass is 9.97. The molecule has 0 radical (unpaired) electrons. The van der Waals surface area contributed by atoms with Gasteiger partial charge in [-0.15, -0.1) is 12.4 Å². The molecule has 24 heavy (non-hydrogen) atoms. The van der Waals surface area contributed by atoms with Gasteiger partial charge >= 0.3 is 0 Å². The summed E-state index contributed by atoms with van der Waals surface area (Å²) in [7, 11) is 0. The summed E-state index contributed by atoms with van der Waals surface area (Å²) in [5.74, 6) is 1.97. The molecular formula is C16H23ClN2O5. The molecule has 3 rings (SSSR count). The molecule has 2 aliphatic heterocycles. The van der Waals surface area contributed by atoms with Crippen LogP contribution in [0.3, 0.4) is 0 Å². The van der Waals surface area contributed by atoms with E-state index in [-0.39, 0.29) is 44.2 Å². The van der Waals surface area contributed by atoms with E-state index in [1.54, 1.807) is 18.2 Å². The Balaban J connectivity index is 0.00000208. The fraction of sp³-hybridized carbons (Fsp3) is 0.562. The van der Waals surface area contributed by atoms with E-state index < -0.39 is 6.10 Å². The number of benzene rings is 1. The van der Waals surface area contributed by atoms with Gasteiger partial charge in [0.05, 0.1) is 0 Å². The number of halogens is 1. The second-order valence-corrected chi connectivity index (χ2v) is 5.75. The molecular weight excluding hydrogens is 336 g/mol. The van der Waals surface area contributed by atoms with Crippen molar-refractivity contribution in [3.63, 3.8) is 0 Å². The van der Waals surface area contributed by atoms with Crippen LogP contribution in [0, 0.1) is 5.92 Å². The maximum absolute atomic E-state index is 12.0. The molecule has 0 aromatic heterocycles. The highest BCUT2D eigenvalue weighted by Crippen LogP contribution is 2.35. The van der Waals surface area contributed by atoms with E-state index in [4.69, 9.17) is 14.2 Å². The van der Waals surface area contributed by atoms with Crippen LogP contribution in [0.4, 0.5) is 0 Å². The molecule has 3 N–H and O–H groups in total. The summed E-state index contributed by atoms with van der Waals surface area (Å²) in [5, 5.41) is 16.0. The van der Waals surface area contributed by atoms with Gasteiger partial charge in [0, 0.05) is 18.5 Å². The van der Waals surface area contributed by atoms with Gasteiger partial charge in [0.15, 0.2) is 11.5 Å². The van der Waals surface area contributed by atoms with Crippen molar-refractivity contribution in [1.82, 2.24) is 10.6 Å². The van der Waals surface area contributed by atoms with Crippen molar-refractivity contribution in [3.8, 4) is 17.2 Å². The smallest absolute Gasteiger partial charge is 0.231 e. The van der Waals surface area contributed by atoms with Crippen molar-refractivity contribution < 1.29 is 24.1 Å². The van der Waals surface area contributed by atoms with Crippen LogP contribution >= 0.6 is 12.4 Å². The summed E-state index contributed by atoms with van der Waals surface area (Å²) in [4.78, 5) is 12.0. The predicted molar refractivity (Wildman–Crippen MR) is 89.9 cm³/mol. The second kappa shape index (κ2) is 8.96. The van der Waals surface area contributed by atoms with Crippen LogP contribution in [0.25, 0.3) is 0 Å². The van der Waals surface area contributed by atoms with Gasteiger partial charge in [-0.2, -0.15) is 0 Å².